The summed E-state index contributed by atoms with van der Waals surface area (Å²) in [6.45, 7) is 0. The van der Waals surface area contributed by atoms with Crippen molar-refractivity contribution < 1.29 is 89.8 Å². The molecular formula is C36H31CsP2Ru. The van der Waals surface area contributed by atoms with Gasteiger partial charge in [0.05, 0.1) is 0 Å². The first-order chi connectivity index (χ1) is 18.9. The molecule has 0 N–H and O–H groups in total. The molecule has 40 heavy (non-hydrogen) atoms. The molecule has 0 saturated carbocycles. The van der Waals surface area contributed by atoms with Crippen molar-refractivity contribution >= 4 is 47.7 Å². The number of hydrogen-bond acceptors (Lipinski definition) is 0. The zero-order valence-corrected chi connectivity index (χ0v) is 32.4. The molecule has 0 nitrogen and oxygen atoms in total. The fraction of sp³-hybridized carbons (Fsp3) is 0. The average Bonchev–Trinajstić information content (AvgIpc) is 3.01. The van der Waals surface area contributed by atoms with E-state index in [9.17, 15) is 0 Å². The van der Waals surface area contributed by atoms with Gasteiger partial charge in [-0.05, 0) is 47.7 Å². The number of benzene rings is 6. The van der Waals surface area contributed by atoms with Crippen molar-refractivity contribution in [3.05, 3.63) is 182 Å². The van der Waals surface area contributed by atoms with Crippen LogP contribution in [0, 0.1) is 0 Å². The average molecular weight is 760 g/mol. The van der Waals surface area contributed by atoms with Gasteiger partial charge >= 0.3 is 68.9 Å². The molecule has 0 atom stereocenters. The van der Waals surface area contributed by atoms with Gasteiger partial charge in [-0.15, -0.1) is 0 Å². The molecule has 0 fully saturated rings. The molecular weight excluding hydrogens is 728 g/mol. The molecule has 0 amide bonds. The van der Waals surface area contributed by atoms with E-state index in [1.165, 1.54) is 31.8 Å². The number of rotatable bonds is 6. The monoisotopic (exact) mass is 760 g/mol. The van der Waals surface area contributed by atoms with Gasteiger partial charge in [-0.3, -0.25) is 0 Å². The Morgan fingerprint density at radius 2 is 0.375 bits per heavy atom. The van der Waals surface area contributed by atoms with Crippen LogP contribution in [0.4, 0.5) is 0 Å². The van der Waals surface area contributed by atoms with Crippen LogP contribution < -0.4 is 101 Å². The third-order valence-electron chi connectivity index (χ3n) is 6.09. The zero-order chi connectivity index (χ0) is 25.8. The van der Waals surface area contributed by atoms with E-state index < -0.39 is 15.8 Å². The van der Waals surface area contributed by atoms with Gasteiger partial charge in [-0.25, -0.2) is 0 Å². The maximum atomic E-state index is 2.23. The predicted molar refractivity (Wildman–Crippen MR) is 171 cm³/mol. The third-order valence-corrected chi connectivity index (χ3v) is 11.0. The minimum atomic E-state index is -0.446. The minimum absolute atomic E-state index is 0. The molecule has 0 aliphatic heterocycles. The molecule has 0 aliphatic rings. The Bertz CT molecular complexity index is 1190. The molecule has 0 aliphatic carbocycles. The Morgan fingerprint density at radius 3 is 0.500 bits per heavy atom. The van der Waals surface area contributed by atoms with Crippen molar-refractivity contribution in [2.24, 2.45) is 0 Å². The van der Waals surface area contributed by atoms with E-state index in [0.29, 0.717) is 0 Å². The van der Waals surface area contributed by atoms with Crippen molar-refractivity contribution in [3.63, 3.8) is 0 Å². The second-order valence-electron chi connectivity index (χ2n) is 8.68. The molecule has 0 radical (unpaired) electrons. The summed E-state index contributed by atoms with van der Waals surface area (Å²) in [5, 5.41) is 8.39. The topological polar surface area (TPSA) is 0 Å². The fourth-order valence-electron chi connectivity index (χ4n) is 4.36. The number of hydrogen-bond donors (Lipinski definition) is 0. The van der Waals surface area contributed by atoms with E-state index >= 15 is 0 Å². The van der Waals surface area contributed by atoms with Gasteiger partial charge in [0.2, 0.25) is 0 Å². The minimum Gasteiger partial charge on any atom is -1.00 e. The van der Waals surface area contributed by atoms with E-state index in [-0.39, 0.29) is 89.8 Å². The molecule has 0 unspecified atom stereocenters. The summed E-state index contributed by atoms with van der Waals surface area (Å²) >= 11 is 0. The largest absolute Gasteiger partial charge is 1.00 e. The fourth-order valence-corrected chi connectivity index (χ4v) is 8.97. The van der Waals surface area contributed by atoms with Gasteiger partial charge in [0.1, 0.15) is 0 Å². The summed E-state index contributed by atoms with van der Waals surface area (Å²) < 4.78 is 0. The summed E-state index contributed by atoms with van der Waals surface area (Å²) in [5.41, 5.74) is 0. The summed E-state index contributed by atoms with van der Waals surface area (Å²) in [6, 6.07) is 64.7. The van der Waals surface area contributed by atoms with Gasteiger partial charge in [-0.1, -0.05) is 182 Å². The Hall–Kier alpha value is -1.14. The quantitative estimate of drug-likeness (QED) is 0.178. The van der Waals surface area contributed by atoms with Crippen LogP contribution in [0.25, 0.3) is 0 Å². The van der Waals surface area contributed by atoms with Crippen molar-refractivity contribution in [1.29, 1.82) is 0 Å². The van der Waals surface area contributed by atoms with Crippen LogP contribution in [0.3, 0.4) is 0 Å². The molecule has 0 spiro atoms. The van der Waals surface area contributed by atoms with Crippen LogP contribution in [0.1, 0.15) is 1.43 Å². The predicted octanol–water partition coefficient (Wildman–Crippen LogP) is 4.00. The van der Waals surface area contributed by atoms with Crippen LogP contribution in [0.2, 0.25) is 0 Å². The maximum absolute atomic E-state index is 2.23. The van der Waals surface area contributed by atoms with Crippen LogP contribution in [0.5, 0.6) is 0 Å². The molecule has 0 aromatic heterocycles. The summed E-state index contributed by atoms with van der Waals surface area (Å²) in [5.74, 6) is 0. The van der Waals surface area contributed by atoms with Crippen LogP contribution >= 0.6 is 15.8 Å². The zero-order valence-electron chi connectivity index (χ0n) is 23.6. The first kappa shape index (κ1) is 33.4. The molecule has 6 aromatic carbocycles. The Labute approximate surface area is 314 Å². The van der Waals surface area contributed by atoms with E-state index in [0.717, 1.165) is 0 Å². The first-order valence-electron chi connectivity index (χ1n) is 12.8. The summed E-state index contributed by atoms with van der Waals surface area (Å²) in [4.78, 5) is 0. The molecule has 6 rings (SSSR count). The summed E-state index contributed by atoms with van der Waals surface area (Å²) in [7, 11) is -0.892. The van der Waals surface area contributed by atoms with Crippen LogP contribution in [-0.2, 0) is 19.5 Å². The van der Waals surface area contributed by atoms with Crippen LogP contribution in [-0.4, -0.2) is 0 Å². The molecule has 0 saturated heterocycles. The maximum Gasteiger partial charge on any atom is 1.00 e. The second kappa shape index (κ2) is 18.4. The van der Waals surface area contributed by atoms with E-state index in [1.807, 2.05) is 0 Å². The molecule has 0 heterocycles. The first-order valence-corrected chi connectivity index (χ1v) is 15.5. The van der Waals surface area contributed by atoms with Gasteiger partial charge in [-0.2, -0.15) is 0 Å². The smallest absolute Gasteiger partial charge is 1.00 e. The second-order valence-corrected chi connectivity index (χ2v) is 13.1. The van der Waals surface area contributed by atoms with Crippen molar-refractivity contribution in [3.8, 4) is 0 Å². The van der Waals surface area contributed by atoms with Crippen LogP contribution in [0.15, 0.2) is 182 Å². The Balaban J connectivity index is 0.000000267. The van der Waals surface area contributed by atoms with Crippen molar-refractivity contribution in [1.82, 2.24) is 0 Å². The van der Waals surface area contributed by atoms with Gasteiger partial charge in [0.25, 0.3) is 0 Å². The van der Waals surface area contributed by atoms with Crippen molar-refractivity contribution in [2.75, 3.05) is 0 Å². The summed E-state index contributed by atoms with van der Waals surface area (Å²) in [6.07, 6.45) is 0. The van der Waals surface area contributed by atoms with Gasteiger partial charge < -0.3 is 1.43 Å². The van der Waals surface area contributed by atoms with E-state index in [4.69, 9.17) is 0 Å². The normalized spacial score (nSPS) is 10.1. The third kappa shape index (κ3) is 9.44. The Morgan fingerprint density at radius 1 is 0.250 bits per heavy atom. The Kier molecular flexibility index (Phi) is 15.3. The molecule has 0 bridgehead atoms. The molecule has 194 valence electrons. The van der Waals surface area contributed by atoms with E-state index in [1.54, 1.807) is 0 Å². The SMILES string of the molecule is [Cs+].[H-].[Ru].c1ccc(P(c2ccccc2)c2ccccc2)cc1.c1ccc(P(c2ccccc2)c2ccccc2)cc1. The standard InChI is InChI=1S/2C18H15P.Cs.Ru.H/c2*1-4-10-16(11-5-1)19(17-12-6-2-7-13-17)18-14-8-3-9-15-18;;;/h2*1-15H;;;/q;;+1;;-1. The van der Waals surface area contributed by atoms with E-state index in [2.05, 4.69) is 182 Å². The van der Waals surface area contributed by atoms with Crippen molar-refractivity contribution in [2.45, 2.75) is 0 Å². The van der Waals surface area contributed by atoms with Gasteiger partial charge in [0, 0.05) is 19.5 Å². The molecule has 4 heteroatoms. The van der Waals surface area contributed by atoms with Gasteiger partial charge in [0.15, 0.2) is 0 Å². The molecule has 6 aromatic rings.